The molecule has 1 aromatic carbocycles. The van der Waals surface area contributed by atoms with Crippen LogP contribution in [-0.2, 0) is 19.1 Å². The third-order valence-electron chi connectivity index (χ3n) is 6.10. The third-order valence-corrected chi connectivity index (χ3v) is 6.10. The lowest BCUT2D eigenvalue weighted by Crippen LogP contribution is -2.39. The highest BCUT2D eigenvalue weighted by Crippen LogP contribution is 2.47. The van der Waals surface area contributed by atoms with Gasteiger partial charge in [-0.25, -0.2) is 9.18 Å². The van der Waals surface area contributed by atoms with Crippen LogP contribution in [0.1, 0.15) is 57.9 Å². The first kappa shape index (κ1) is 20.8. The topological polar surface area (TPSA) is 64.6 Å². The van der Waals surface area contributed by atoms with Gasteiger partial charge in [0.25, 0.3) is 0 Å². The van der Waals surface area contributed by atoms with E-state index in [4.69, 9.17) is 9.47 Å². The van der Waals surface area contributed by atoms with Gasteiger partial charge in [0.15, 0.2) is 5.78 Å². The molecule has 3 aliphatic rings. The molecule has 1 fully saturated rings. The van der Waals surface area contributed by atoms with Gasteiger partial charge in [0.2, 0.25) is 0 Å². The molecule has 0 spiro atoms. The van der Waals surface area contributed by atoms with Gasteiger partial charge < -0.3 is 14.8 Å². The van der Waals surface area contributed by atoms with Gasteiger partial charge in [-0.15, -0.1) is 0 Å². The van der Waals surface area contributed by atoms with E-state index in [-0.39, 0.29) is 23.9 Å². The zero-order chi connectivity index (χ0) is 21.5. The Bertz CT molecular complexity index is 940. The molecule has 30 heavy (non-hydrogen) atoms. The van der Waals surface area contributed by atoms with E-state index in [2.05, 4.69) is 5.32 Å². The molecule has 160 valence electrons. The van der Waals surface area contributed by atoms with Gasteiger partial charge in [0, 0.05) is 35.6 Å². The molecule has 1 N–H and O–H groups in total. The summed E-state index contributed by atoms with van der Waals surface area (Å²) in [6, 6.07) is 6.33. The summed E-state index contributed by atoms with van der Waals surface area (Å²) < 4.78 is 26.0. The number of Topliss-reactive ketones (excluding diaryl/α,β-unsaturated/α-hetero) is 1. The normalized spacial score (nSPS) is 25.8. The maximum Gasteiger partial charge on any atom is 0.336 e. The van der Waals surface area contributed by atoms with Gasteiger partial charge in [-0.3, -0.25) is 4.79 Å². The molecule has 2 atom stereocenters. The molecule has 0 bridgehead atoms. The fourth-order valence-corrected chi connectivity index (χ4v) is 4.75. The van der Waals surface area contributed by atoms with E-state index >= 15 is 0 Å². The Hall–Kier alpha value is -2.47. The molecule has 0 saturated carbocycles. The molecule has 0 aromatic heterocycles. The summed E-state index contributed by atoms with van der Waals surface area (Å²) in [5, 5.41) is 3.27. The number of esters is 1. The highest BCUT2D eigenvalue weighted by Gasteiger charge is 2.44. The lowest BCUT2D eigenvalue weighted by Gasteiger charge is -2.39. The fourth-order valence-electron chi connectivity index (χ4n) is 4.75. The number of allylic oxidation sites excluding steroid dienone is 3. The highest BCUT2D eigenvalue weighted by atomic mass is 19.1. The number of hydrogen-bond donors (Lipinski definition) is 1. The van der Waals surface area contributed by atoms with Crippen LogP contribution < -0.4 is 5.32 Å². The summed E-state index contributed by atoms with van der Waals surface area (Å²) in [5.74, 6) is -1.80. The van der Waals surface area contributed by atoms with Crippen LogP contribution in [0.3, 0.4) is 0 Å². The zero-order valence-electron chi connectivity index (χ0n) is 17.7. The predicted molar refractivity (Wildman–Crippen MR) is 110 cm³/mol. The summed E-state index contributed by atoms with van der Waals surface area (Å²) >= 11 is 0. The Morgan fingerprint density at radius 3 is 2.77 bits per heavy atom. The first-order valence-electron chi connectivity index (χ1n) is 10.5. The van der Waals surface area contributed by atoms with E-state index in [1.54, 1.807) is 25.1 Å². The van der Waals surface area contributed by atoms with Crippen molar-refractivity contribution in [1.29, 1.82) is 0 Å². The number of ketones is 1. The number of hydrogen-bond acceptors (Lipinski definition) is 5. The van der Waals surface area contributed by atoms with E-state index in [1.165, 1.54) is 6.07 Å². The largest absolute Gasteiger partial charge is 0.459 e. The molecule has 6 heteroatoms. The van der Waals surface area contributed by atoms with E-state index in [0.29, 0.717) is 41.9 Å². The predicted octanol–water partition coefficient (Wildman–Crippen LogP) is 4.15. The summed E-state index contributed by atoms with van der Waals surface area (Å²) in [6.07, 6.45) is 2.71. The van der Waals surface area contributed by atoms with E-state index in [1.807, 2.05) is 13.8 Å². The number of rotatable bonds is 4. The average Bonchev–Trinajstić information content (AvgIpc) is 3.18. The van der Waals surface area contributed by atoms with Crippen LogP contribution in [0.15, 0.2) is 46.8 Å². The first-order chi connectivity index (χ1) is 14.3. The van der Waals surface area contributed by atoms with Gasteiger partial charge in [-0.2, -0.15) is 0 Å². The second-order valence-electron chi connectivity index (χ2n) is 9.18. The maximum absolute atomic E-state index is 14.9. The van der Waals surface area contributed by atoms with Crippen molar-refractivity contribution in [2.24, 2.45) is 5.41 Å². The quantitative estimate of drug-likeness (QED) is 0.752. The molecule has 1 saturated heterocycles. The summed E-state index contributed by atoms with van der Waals surface area (Å²) in [5.41, 5.74) is 2.28. The second kappa shape index (κ2) is 7.99. The Kier molecular flexibility index (Phi) is 5.53. The average molecular weight is 413 g/mol. The molecule has 0 unspecified atom stereocenters. The van der Waals surface area contributed by atoms with Gasteiger partial charge in [0.05, 0.1) is 17.6 Å². The summed E-state index contributed by atoms with van der Waals surface area (Å²) in [4.78, 5) is 26.3. The van der Waals surface area contributed by atoms with Crippen LogP contribution >= 0.6 is 0 Å². The van der Waals surface area contributed by atoms with Crippen molar-refractivity contribution in [3.63, 3.8) is 0 Å². The minimum Gasteiger partial charge on any atom is -0.459 e. The van der Waals surface area contributed by atoms with Crippen molar-refractivity contribution in [1.82, 2.24) is 5.32 Å². The minimum atomic E-state index is -0.775. The van der Waals surface area contributed by atoms with Crippen molar-refractivity contribution >= 4 is 11.8 Å². The molecule has 0 radical (unpaired) electrons. The van der Waals surface area contributed by atoms with Gasteiger partial charge in [-0.1, -0.05) is 32.0 Å². The SMILES string of the molecule is CC1=C(C(=O)OC[C@H]2CCCO2)[C@H](c2ccccc2F)C2=C(CC(C)(C)CC2=O)N1. The minimum absolute atomic E-state index is 0.0565. The molecular weight excluding hydrogens is 385 g/mol. The number of dihydropyridines is 1. The van der Waals surface area contributed by atoms with E-state index in [9.17, 15) is 14.0 Å². The van der Waals surface area contributed by atoms with Crippen molar-refractivity contribution in [3.05, 3.63) is 58.2 Å². The van der Waals surface area contributed by atoms with Crippen molar-refractivity contribution < 1.29 is 23.5 Å². The van der Waals surface area contributed by atoms with Gasteiger partial charge in [-0.05, 0) is 37.7 Å². The lowest BCUT2D eigenvalue weighted by molar-refractivity contribution is -0.142. The Morgan fingerprint density at radius 2 is 2.07 bits per heavy atom. The standard InChI is InChI=1S/C24H28FNO4/c1-14-20(23(28)30-13-15-7-6-10-29-15)21(16-8-4-5-9-17(16)25)22-18(26-14)11-24(2,3)12-19(22)27/h4-5,8-9,15,21,26H,6-7,10-13H2,1-3H3/t15-,21+/m1/s1. The second-order valence-corrected chi connectivity index (χ2v) is 9.18. The monoisotopic (exact) mass is 413 g/mol. The molecule has 5 nitrogen and oxygen atoms in total. The Labute approximate surface area is 176 Å². The van der Waals surface area contributed by atoms with Crippen LogP contribution in [0.4, 0.5) is 4.39 Å². The number of halogens is 1. The third kappa shape index (κ3) is 3.93. The summed E-state index contributed by atoms with van der Waals surface area (Å²) in [7, 11) is 0. The van der Waals surface area contributed by atoms with Gasteiger partial charge in [0.1, 0.15) is 12.4 Å². The number of nitrogens with one attached hydrogen (secondary N) is 1. The van der Waals surface area contributed by atoms with Crippen LogP contribution in [0.25, 0.3) is 0 Å². The van der Waals surface area contributed by atoms with Crippen LogP contribution in [0.2, 0.25) is 0 Å². The lowest BCUT2D eigenvalue weighted by atomic mass is 9.68. The molecular formula is C24H28FNO4. The molecule has 1 aliphatic carbocycles. The van der Waals surface area contributed by atoms with Crippen LogP contribution in [-0.4, -0.2) is 31.1 Å². The molecule has 2 aliphatic heterocycles. The van der Waals surface area contributed by atoms with Crippen molar-refractivity contribution in [2.75, 3.05) is 13.2 Å². The molecule has 2 heterocycles. The van der Waals surface area contributed by atoms with Crippen molar-refractivity contribution in [2.45, 2.75) is 58.5 Å². The molecule has 0 amide bonds. The Balaban J connectivity index is 1.73. The number of benzene rings is 1. The first-order valence-corrected chi connectivity index (χ1v) is 10.5. The van der Waals surface area contributed by atoms with Crippen LogP contribution in [0, 0.1) is 11.2 Å². The van der Waals surface area contributed by atoms with Gasteiger partial charge >= 0.3 is 5.97 Å². The van der Waals surface area contributed by atoms with Crippen LogP contribution in [0.5, 0.6) is 0 Å². The number of carbonyl (C=O) groups excluding carboxylic acids is 2. The Morgan fingerprint density at radius 1 is 1.30 bits per heavy atom. The number of ether oxygens (including phenoxy) is 2. The highest BCUT2D eigenvalue weighted by molar-refractivity contribution is 6.04. The smallest absolute Gasteiger partial charge is 0.336 e. The van der Waals surface area contributed by atoms with E-state index in [0.717, 1.165) is 18.5 Å². The van der Waals surface area contributed by atoms with Crippen molar-refractivity contribution in [3.8, 4) is 0 Å². The van der Waals surface area contributed by atoms with E-state index < -0.39 is 17.7 Å². The fraction of sp³-hybridized carbons (Fsp3) is 0.500. The molecule has 4 rings (SSSR count). The summed E-state index contributed by atoms with van der Waals surface area (Å²) in [6.45, 7) is 6.69. The molecule has 1 aromatic rings. The zero-order valence-corrected chi connectivity index (χ0v) is 17.7. The number of carbonyl (C=O) groups is 2. The maximum atomic E-state index is 14.9.